The zero-order valence-corrected chi connectivity index (χ0v) is 14.7. The Morgan fingerprint density at radius 2 is 1.57 bits per heavy atom. The molecule has 0 amide bonds. The lowest BCUT2D eigenvalue weighted by Crippen LogP contribution is -2.17. The Labute approximate surface area is 158 Å². The molecule has 0 spiro atoms. The zero-order valence-electron chi connectivity index (χ0n) is 14.7. The molecule has 7 heteroatoms. The van der Waals surface area contributed by atoms with Gasteiger partial charge < -0.3 is 14.1 Å². The summed E-state index contributed by atoms with van der Waals surface area (Å²) in [4.78, 5) is 7.74. The van der Waals surface area contributed by atoms with Gasteiger partial charge in [-0.15, -0.1) is 13.2 Å². The van der Waals surface area contributed by atoms with Crippen LogP contribution < -0.4 is 4.74 Å². The van der Waals surface area contributed by atoms with E-state index in [9.17, 15) is 13.2 Å². The summed E-state index contributed by atoms with van der Waals surface area (Å²) in [7, 11) is 0. The van der Waals surface area contributed by atoms with E-state index >= 15 is 0 Å². The standard InChI is InChI=1S/C21H15F3N2O2/c1-13-19(14-7-3-2-4-8-14)26-20(25-13)18-12-11-16(27-18)15-9-5-6-10-17(15)28-21(22,23)24/h2-12H,1H3,(H,25,26). The number of furan rings is 1. The minimum absolute atomic E-state index is 0.206. The third-order valence-corrected chi connectivity index (χ3v) is 4.15. The number of H-pyrrole nitrogens is 1. The first-order valence-corrected chi connectivity index (χ1v) is 8.48. The second-order valence-electron chi connectivity index (χ2n) is 6.13. The van der Waals surface area contributed by atoms with Crippen LogP contribution in [-0.4, -0.2) is 16.3 Å². The number of imidazole rings is 1. The Kier molecular flexibility index (Phi) is 4.43. The molecular weight excluding hydrogens is 369 g/mol. The number of para-hydroxylation sites is 1. The number of ether oxygens (including phenoxy) is 1. The number of alkyl halides is 3. The van der Waals surface area contributed by atoms with E-state index < -0.39 is 6.36 Å². The molecule has 2 heterocycles. The molecule has 4 aromatic rings. The second-order valence-corrected chi connectivity index (χ2v) is 6.13. The van der Waals surface area contributed by atoms with Crippen LogP contribution in [0.25, 0.3) is 34.2 Å². The van der Waals surface area contributed by atoms with Crippen LogP contribution in [-0.2, 0) is 0 Å². The number of nitrogens with zero attached hydrogens (tertiary/aromatic N) is 1. The van der Waals surface area contributed by atoms with Gasteiger partial charge in [-0.3, -0.25) is 0 Å². The van der Waals surface area contributed by atoms with Crippen LogP contribution in [0, 0.1) is 6.92 Å². The Hall–Kier alpha value is -3.48. The number of nitrogens with one attached hydrogen (secondary N) is 1. The minimum atomic E-state index is -4.78. The summed E-state index contributed by atoms with van der Waals surface area (Å²) >= 11 is 0. The van der Waals surface area contributed by atoms with Gasteiger partial charge in [0.15, 0.2) is 11.6 Å². The monoisotopic (exact) mass is 384 g/mol. The van der Waals surface area contributed by atoms with Crippen LogP contribution in [0.3, 0.4) is 0 Å². The molecule has 0 radical (unpaired) electrons. The number of aromatic nitrogens is 2. The van der Waals surface area contributed by atoms with E-state index in [0.717, 1.165) is 17.0 Å². The van der Waals surface area contributed by atoms with Gasteiger partial charge in [0.2, 0.25) is 0 Å². The van der Waals surface area contributed by atoms with Crippen LogP contribution in [0.2, 0.25) is 0 Å². The number of hydrogen-bond donors (Lipinski definition) is 1. The maximum absolute atomic E-state index is 12.6. The first-order chi connectivity index (χ1) is 13.4. The van der Waals surface area contributed by atoms with Crippen molar-refractivity contribution in [1.82, 2.24) is 9.97 Å². The number of benzene rings is 2. The van der Waals surface area contributed by atoms with Gasteiger partial charge in [-0.05, 0) is 31.2 Å². The van der Waals surface area contributed by atoms with Crippen LogP contribution in [0.15, 0.2) is 71.1 Å². The van der Waals surface area contributed by atoms with Crippen molar-refractivity contribution in [2.45, 2.75) is 13.3 Å². The molecule has 4 nitrogen and oxygen atoms in total. The quantitative estimate of drug-likeness (QED) is 0.455. The van der Waals surface area contributed by atoms with Gasteiger partial charge in [0.25, 0.3) is 0 Å². The van der Waals surface area contributed by atoms with Crippen molar-refractivity contribution >= 4 is 0 Å². The van der Waals surface area contributed by atoms with Crippen molar-refractivity contribution in [2.75, 3.05) is 0 Å². The second kappa shape index (κ2) is 6.92. The van der Waals surface area contributed by atoms with Crippen LogP contribution in [0.4, 0.5) is 13.2 Å². The normalized spacial score (nSPS) is 11.6. The fourth-order valence-electron chi connectivity index (χ4n) is 2.95. The lowest BCUT2D eigenvalue weighted by atomic mass is 10.1. The van der Waals surface area contributed by atoms with Crippen LogP contribution in [0.5, 0.6) is 5.75 Å². The summed E-state index contributed by atoms with van der Waals surface area (Å²) in [6.45, 7) is 1.90. The summed E-state index contributed by atoms with van der Waals surface area (Å²) in [5.41, 5.74) is 2.81. The molecule has 2 aromatic carbocycles. The van der Waals surface area contributed by atoms with Crippen molar-refractivity contribution in [1.29, 1.82) is 0 Å². The topological polar surface area (TPSA) is 51.0 Å². The molecule has 142 valence electrons. The first kappa shape index (κ1) is 17.9. The van der Waals surface area contributed by atoms with Crippen LogP contribution >= 0.6 is 0 Å². The van der Waals surface area contributed by atoms with Gasteiger partial charge in [0.05, 0.1) is 11.3 Å². The van der Waals surface area contributed by atoms with Gasteiger partial charge in [0, 0.05) is 11.3 Å². The molecule has 0 unspecified atom stereocenters. The number of halogens is 3. The van der Waals surface area contributed by atoms with Gasteiger partial charge >= 0.3 is 6.36 Å². The van der Waals surface area contributed by atoms with E-state index in [2.05, 4.69) is 14.7 Å². The van der Waals surface area contributed by atoms with E-state index in [1.165, 1.54) is 18.2 Å². The summed E-state index contributed by atoms with van der Waals surface area (Å²) in [6, 6.07) is 18.8. The summed E-state index contributed by atoms with van der Waals surface area (Å²) in [5.74, 6) is 0.848. The molecule has 1 N–H and O–H groups in total. The average molecular weight is 384 g/mol. The van der Waals surface area contributed by atoms with Crippen molar-refractivity contribution in [3.63, 3.8) is 0 Å². The van der Waals surface area contributed by atoms with E-state index in [0.29, 0.717) is 11.6 Å². The van der Waals surface area contributed by atoms with Crippen molar-refractivity contribution in [3.8, 4) is 39.9 Å². The summed E-state index contributed by atoms with van der Waals surface area (Å²) in [5, 5.41) is 0. The van der Waals surface area contributed by atoms with E-state index in [4.69, 9.17) is 4.42 Å². The molecule has 2 aromatic heterocycles. The Bertz CT molecular complexity index is 1100. The maximum Gasteiger partial charge on any atom is 0.573 e. The lowest BCUT2D eigenvalue weighted by Gasteiger charge is -2.11. The van der Waals surface area contributed by atoms with Crippen molar-refractivity contribution < 1.29 is 22.3 Å². The third-order valence-electron chi connectivity index (χ3n) is 4.15. The minimum Gasteiger partial charge on any atom is -0.453 e. The Morgan fingerprint density at radius 1 is 0.893 bits per heavy atom. The zero-order chi connectivity index (χ0) is 19.7. The third kappa shape index (κ3) is 3.64. The molecular formula is C21H15F3N2O2. The average Bonchev–Trinajstić information content (AvgIpc) is 3.28. The van der Waals surface area contributed by atoms with Gasteiger partial charge in [-0.25, -0.2) is 4.98 Å². The molecule has 4 rings (SSSR count). The lowest BCUT2D eigenvalue weighted by molar-refractivity contribution is -0.274. The molecule has 0 atom stereocenters. The number of aryl methyl sites for hydroxylation is 1. The van der Waals surface area contributed by atoms with E-state index in [1.807, 2.05) is 37.3 Å². The Morgan fingerprint density at radius 3 is 2.32 bits per heavy atom. The molecule has 0 aliphatic heterocycles. The predicted molar refractivity (Wildman–Crippen MR) is 98.6 cm³/mol. The Balaban J connectivity index is 1.68. The van der Waals surface area contributed by atoms with Gasteiger partial charge in [0.1, 0.15) is 11.5 Å². The molecule has 0 saturated heterocycles. The smallest absolute Gasteiger partial charge is 0.453 e. The largest absolute Gasteiger partial charge is 0.573 e. The first-order valence-electron chi connectivity index (χ1n) is 8.48. The summed E-state index contributed by atoms with van der Waals surface area (Å²) in [6.07, 6.45) is -4.78. The number of hydrogen-bond acceptors (Lipinski definition) is 3. The van der Waals surface area contributed by atoms with E-state index in [-0.39, 0.29) is 17.1 Å². The fraction of sp³-hybridized carbons (Fsp3) is 0.0952. The van der Waals surface area contributed by atoms with Crippen molar-refractivity contribution in [2.24, 2.45) is 0 Å². The molecule has 0 aliphatic rings. The highest BCUT2D eigenvalue weighted by atomic mass is 19.4. The van der Waals surface area contributed by atoms with Gasteiger partial charge in [-0.2, -0.15) is 0 Å². The predicted octanol–water partition coefficient (Wildman–Crippen LogP) is 6.21. The van der Waals surface area contributed by atoms with Crippen LogP contribution in [0.1, 0.15) is 5.69 Å². The number of aromatic amines is 1. The van der Waals surface area contributed by atoms with E-state index in [1.54, 1.807) is 18.2 Å². The summed E-state index contributed by atoms with van der Waals surface area (Å²) < 4.78 is 47.8. The highest BCUT2D eigenvalue weighted by Crippen LogP contribution is 2.36. The molecule has 0 aliphatic carbocycles. The molecule has 0 bridgehead atoms. The van der Waals surface area contributed by atoms with Gasteiger partial charge in [-0.1, -0.05) is 42.5 Å². The SMILES string of the molecule is Cc1[nH]c(-c2ccc(-c3ccccc3OC(F)(F)F)o2)nc1-c1ccccc1. The highest BCUT2D eigenvalue weighted by molar-refractivity contribution is 5.70. The maximum atomic E-state index is 12.6. The molecule has 0 fully saturated rings. The number of rotatable bonds is 4. The molecule has 0 saturated carbocycles. The fourth-order valence-corrected chi connectivity index (χ4v) is 2.95. The molecule has 28 heavy (non-hydrogen) atoms. The van der Waals surface area contributed by atoms with Crippen molar-refractivity contribution in [3.05, 3.63) is 72.4 Å². The highest BCUT2D eigenvalue weighted by Gasteiger charge is 2.32.